The van der Waals surface area contributed by atoms with E-state index in [0.717, 1.165) is 5.56 Å². The predicted octanol–water partition coefficient (Wildman–Crippen LogP) is 2.91. The Morgan fingerprint density at radius 1 is 1.64 bits per heavy atom. The van der Waals surface area contributed by atoms with Crippen LogP contribution in [0, 0.1) is 0 Å². The molecule has 0 aliphatic heterocycles. The minimum atomic E-state index is 0.642. The molecular weight excluding hydrogens is 236 g/mol. The zero-order valence-corrected chi connectivity index (χ0v) is 9.92. The van der Waals surface area contributed by atoms with Gasteiger partial charge in [0.1, 0.15) is 0 Å². The maximum Gasteiger partial charge on any atom is 0.153 e. The minimum absolute atomic E-state index is 0.642. The Hall–Kier alpha value is -0.580. The van der Waals surface area contributed by atoms with Gasteiger partial charge in [-0.2, -0.15) is 5.10 Å². The van der Waals surface area contributed by atoms with Crippen LogP contribution in [-0.4, -0.2) is 16.8 Å². The van der Waals surface area contributed by atoms with E-state index in [1.165, 1.54) is 11.8 Å². The Balaban J connectivity index is 2.56. The maximum atomic E-state index is 5.80. The van der Waals surface area contributed by atoms with Gasteiger partial charge in [-0.05, 0) is 24.0 Å². The minimum Gasteiger partial charge on any atom is -0.262 e. The normalized spacial score (nSPS) is 10.4. The van der Waals surface area contributed by atoms with Crippen LogP contribution in [0.3, 0.4) is 0 Å². The quantitative estimate of drug-likeness (QED) is 0.492. The van der Waals surface area contributed by atoms with E-state index < -0.39 is 0 Å². The van der Waals surface area contributed by atoms with Crippen LogP contribution in [0.5, 0.6) is 0 Å². The molecule has 2 nitrogen and oxygen atoms in total. The Morgan fingerprint density at radius 3 is 3.07 bits per heavy atom. The lowest BCUT2D eigenvalue weighted by Crippen LogP contribution is -2.10. The number of hydrazone groups is 1. The lowest BCUT2D eigenvalue weighted by Gasteiger charge is -1.97. The van der Waals surface area contributed by atoms with E-state index in [1.54, 1.807) is 6.21 Å². The number of rotatable bonds is 2. The molecule has 5 heteroatoms. The fraction of sp³-hybridized carbons (Fsp3) is 0.111. The van der Waals surface area contributed by atoms with Gasteiger partial charge in [-0.15, -0.1) is 0 Å². The third-order valence-corrected chi connectivity index (χ3v) is 2.69. The van der Waals surface area contributed by atoms with Gasteiger partial charge in [0, 0.05) is 5.02 Å². The van der Waals surface area contributed by atoms with Crippen molar-refractivity contribution >= 4 is 46.1 Å². The van der Waals surface area contributed by atoms with E-state index in [1.807, 2.05) is 30.5 Å². The summed E-state index contributed by atoms with van der Waals surface area (Å²) in [6.45, 7) is 0. The summed E-state index contributed by atoms with van der Waals surface area (Å²) in [6, 6.07) is 7.43. The molecule has 0 aromatic heterocycles. The summed E-state index contributed by atoms with van der Waals surface area (Å²) in [7, 11) is 0. The van der Waals surface area contributed by atoms with Crippen molar-refractivity contribution in [3.8, 4) is 0 Å². The summed E-state index contributed by atoms with van der Waals surface area (Å²) in [5, 5.41) is 4.65. The van der Waals surface area contributed by atoms with Gasteiger partial charge in [-0.3, -0.25) is 5.43 Å². The molecule has 1 aromatic rings. The van der Waals surface area contributed by atoms with Crippen LogP contribution in [0.4, 0.5) is 0 Å². The molecule has 0 bridgehead atoms. The highest BCUT2D eigenvalue weighted by atomic mass is 35.5. The monoisotopic (exact) mass is 244 g/mol. The molecule has 0 saturated carbocycles. The number of nitrogens with one attached hydrogen (secondary N) is 1. The van der Waals surface area contributed by atoms with Crippen LogP contribution >= 0.6 is 35.6 Å². The van der Waals surface area contributed by atoms with Gasteiger partial charge in [0.15, 0.2) is 4.32 Å². The van der Waals surface area contributed by atoms with Crippen LogP contribution in [0.25, 0.3) is 0 Å². The second-order valence-corrected chi connectivity index (χ2v) is 4.34. The first kappa shape index (κ1) is 11.5. The Bertz CT molecular complexity index is 352. The standard InChI is InChI=1S/C9H9ClN2S2/c1-14-9(13)12-11-6-7-3-2-4-8(10)5-7/h2-6H,1H3,(H,12,13)/b11-6+. The van der Waals surface area contributed by atoms with Gasteiger partial charge < -0.3 is 0 Å². The number of thioether (sulfide) groups is 1. The van der Waals surface area contributed by atoms with Gasteiger partial charge in [0.2, 0.25) is 0 Å². The molecule has 0 atom stereocenters. The average Bonchev–Trinajstić information content (AvgIpc) is 2.17. The summed E-state index contributed by atoms with van der Waals surface area (Å²) in [4.78, 5) is 0. The number of nitrogens with zero attached hydrogens (tertiary/aromatic N) is 1. The van der Waals surface area contributed by atoms with Crippen LogP contribution in [0.2, 0.25) is 5.02 Å². The second-order valence-electron chi connectivity index (χ2n) is 2.42. The molecule has 0 heterocycles. The lowest BCUT2D eigenvalue weighted by molar-refractivity contribution is 1.07. The molecule has 74 valence electrons. The number of benzene rings is 1. The van der Waals surface area contributed by atoms with Crippen LogP contribution in [-0.2, 0) is 0 Å². The molecule has 0 unspecified atom stereocenters. The summed E-state index contributed by atoms with van der Waals surface area (Å²) >= 11 is 12.2. The molecule has 0 aliphatic rings. The highest BCUT2D eigenvalue weighted by Crippen LogP contribution is 2.08. The molecule has 14 heavy (non-hydrogen) atoms. The van der Waals surface area contributed by atoms with Crippen molar-refractivity contribution in [2.24, 2.45) is 5.10 Å². The molecule has 0 amide bonds. The third kappa shape index (κ3) is 4.09. The SMILES string of the molecule is CSC(=S)N/N=C/c1cccc(Cl)c1. The molecule has 1 N–H and O–H groups in total. The first-order valence-electron chi connectivity index (χ1n) is 3.85. The van der Waals surface area contributed by atoms with Gasteiger partial charge >= 0.3 is 0 Å². The van der Waals surface area contributed by atoms with Crippen LogP contribution < -0.4 is 5.43 Å². The van der Waals surface area contributed by atoms with E-state index in [2.05, 4.69) is 10.5 Å². The fourth-order valence-electron chi connectivity index (χ4n) is 0.792. The average molecular weight is 245 g/mol. The van der Waals surface area contributed by atoms with E-state index in [4.69, 9.17) is 23.8 Å². The third-order valence-electron chi connectivity index (χ3n) is 1.40. The van der Waals surface area contributed by atoms with E-state index in [9.17, 15) is 0 Å². The fourth-order valence-corrected chi connectivity index (χ4v) is 1.19. The van der Waals surface area contributed by atoms with E-state index in [-0.39, 0.29) is 0 Å². The number of hydrogen-bond acceptors (Lipinski definition) is 3. The highest BCUT2D eigenvalue weighted by molar-refractivity contribution is 8.22. The Kier molecular flexibility index (Phi) is 4.93. The zero-order chi connectivity index (χ0) is 10.4. The van der Waals surface area contributed by atoms with Crippen molar-refractivity contribution in [2.45, 2.75) is 0 Å². The highest BCUT2D eigenvalue weighted by Gasteiger charge is 1.90. The van der Waals surface area contributed by atoms with E-state index in [0.29, 0.717) is 9.34 Å². The zero-order valence-electron chi connectivity index (χ0n) is 7.53. The van der Waals surface area contributed by atoms with Gasteiger partial charge in [0.25, 0.3) is 0 Å². The van der Waals surface area contributed by atoms with E-state index >= 15 is 0 Å². The van der Waals surface area contributed by atoms with Crippen molar-refractivity contribution < 1.29 is 0 Å². The van der Waals surface area contributed by atoms with Crippen LogP contribution in [0.1, 0.15) is 5.56 Å². The predicted molar refractivity (Wildman–Crippen MR) is 68.3 cm³/mol. The topological polar surface area (TPSA) is 24.4 Å². The molecule has 0 fully saturated rings. The molecule has 0 radical (unpaired) electrons. The van der Waals surface area contributed by atoms with Crippen molar-refractivity contribution in [3.63, 3.8) is 0 Å². The maximum absolute atomic E-state index is 5.80. The lowest BCUT2D eigenvalue weighted by atomic mass is 10.2. The van der Waals surface area contributed by atoms with Crippen molar-refractivity contribution in [1.29, 1.82) is 0 Å². The van der Waals surface area contributed by atoms with Crippen molar-refractivity contribution in [2.75, 3.05) is 6.26 Å². The molecular formula is C9H9ClN2S2. The Morgan fingerprint density at radius 2 is 2.43 bits per heavy atom. The summed E-state index contributed by atoms with van der Waals surface area (Å²) < 4.78 is 0.642. The largest absolute Gasteiger partial charge is 0.262 e. The summed E-state index contributed by atoms with van der Waals surface area (Å²) in [6.07, 6.45) is 3.57. The van der Waals surface area contributed by atoms with Gasteiger partial charge in [-0.25, -0.2) is 0 Å². The first-order valence-corrected chi connectivity index (χ1v) is 5.86. The van der Waals surface area contributed by atoms with Gasteiger partial charge in [-0.1, -0.05) is 47.7 Å². The Labute approximate surface area is 97.7 Å². The van der Waals surface area contributed by atoms with Crippen molar-refractivity contribution in [1.82, 2.24) is 5.43 Å². The molecule has 1 aromatic carbocycles. The molecule has 0 aliphatic carbocycles. The summed E-state index contributed by atoms with van der Waals surface area (Å²) in [5.41, 5.74) is 3.66. The molecule has 0 saturated heterocycles. The number of thiocarbonyl (C=S) groups is 1. The molecule has 1 rings (SSSR count). The number of halogens is 1. The smallest absolute Gasteiger partial charge is 0.153 e. The molecule has 0 spiro atoms. The van der Waals surface area contributed by atoms with Crippen LogP contribution in [0.15, 0.2) is 29.4 Å². The second kappa shape index (κ2) is 6.01. The summed E-state index contributed by atoms with van der Waals surface area (Å²) in [5.74, 6) is 0. The van der Waals surface area contributed by atoms with Gasteiger partial charge in [0.05, 0.1) is 6.21 Å². The first-order chi connectivity index (χ1) is 6.72. The number of hydrogen-bond donors (Lipinski definition) is 1. The van der Waals surface area contributed by atoms with Crippen molar-refractivity contribution in [3.05, 3.63) is 34.9 Å².